The quantitative estimate of drug-likeness (QED) is 0.600. The zero-order chi connectivity index (χ0) is 18.4. The van der Waals surface area contributed by atoms with Gasteiger partial charge in [-0.25, -0.2) is 4.79 Å². The zero-order valence-corrected chi connectivity index (χ0v) is 14.0. The molecule has 0 aromatic carbocycles. The molecule has 3 N–H and O–H groups in total. The summed E-state index contributed by atoms with van der Waals surface area (Å²) in [4.78, 5) is 43.3. The molecular formula is C18H18N4O4. The molecule has 2 saturated heterocycles. The SMILES string of the molecule is N[C@@H]1C(=O)N2C(C(=O)O)=C(/C=C3\CCN(c4ccncc4)C3=O)CC[C@H]12. The maximum atomic E-state index is 12.7. The maximum absolute atomic E-state index is 12.7. The monoisotopic (exact) mass is 354 g/mol. The summed E-state index contributed by atoms with van der Waals surface area (Å²) in [6, 6.07) is 2.62. The van der Waals surface area contributed by atoms with E-state index in [1.54, 1.807) is 35.5 Å². The number of allylic oxidation sites excluding steroid dienone is 2. The van der Waals surface area contributed by atoms with Crippen LogP contribution in [0.1, 0.15) is 19.3 Å². The molecule has 4 heterocycles. The van der Waals surface area contributed by atoms with Crippen molar-refractivity contribution >= 4 is 23.5 Å². The van der Waals surface area contributed by atoms with E-state index in [-0.39, 0.29) is 23.6 Å². The second kappa shape index (κ2) is 6.06. The van der Waals surface area contributed by atoms with Gasteiger partial charge in [-0.2, -0.15) is 0 Å². The fourth-order valence-electron chi connectivity index (χ4n) is 3.84. The average Bonchev–Trinajstić information content (AvgIpc) is 3.01. The number of hydrogen-bond acceptors (Lipinski definition) is 5. The number of carboxylic acid groups (broad SMARTS) is 1. The van der Waals surface area contributed by atoms with Crippen LogP contribution in [0.4, 0.5) is 5.69 Å². The number of carboxylic acids is 1. The predicted molar refractivity (Wildman–Crippen MR) is 91.8 cm³/mol. The van der Waals surface area contributed by atoms with Gasteiger partial charge < -0.3 is 15.7 Å². The number of pyridine rings is 1. The van der Waals surface area contributed by atoms with Crippen LogP contribution in [-0.2, 0) is 14.4 Å². The summed E-state index contributed by atoms with van der Waals surface area (Å²) in [7, 11) is 0. The number of β-lactam (4-membered cyclic amide) rings is 1. The molecular weight excluding hydrogens is 336 g/mol. The molecule has 1 aromatic heterocycles. The van der Waals surface area contributed by atoms with Crippen molar-refractivity contribution in [2.75, 3.05) is 11.4 Å². The van der Waals surface area contributed by atoms with E-state index in [2.05, 4.69) is 4.98 Å². The molecule has 0 aliphatic carbocycles. The van der Waals surface area contributed by atoms with Gasteiger partial charge in [0.25, 0.3) is 5.91 Å². The summed E-state index contributed by atoms with van der Waals surface area (Å²) in [5.41, 5.74) is 7.53. The van der Waals surface area contributed by atoms with Gasteiger partial charge in [-0.3, -0.25) is 19.5 Å². The van der Waals surface area contributed by atoms with E-state index in [9.17, 15) is 19.5 Å². The van der Waals surface area contributed by atoms with Crippen LogP contribution in [0, 0.1) is 0 Å². The van der Waals surface area contributed by atoms with E-state index in [0.29, 0.717) is 37.0 Å². The van der Waals surface area contributed by atoms with Crippen molar-refractivity contribution in [1.29, 1.82) is 0 Å². The molecule has 2 amide bonds. The normalized spacial score (nSPS) is 27.0. The number of nitrogens with two attached hydrogens (primary N) is 1. The van der Waals surface area contributed by atoms with Crippen LogP contribution in [0.15, 0.2) is 47.4 Å². The molecule has 2 atom stereocenters. The molecule has 3 aliphatic heterocycles. The first kappa shape index (κ1) is 16.5. The maximum Gasteiger partial charge on any atom is 0.352 e. The Morgan fingerprint density at radius 2 is 2.00 bits per heavy atom. The van der Waals surface area contributed by atoms with E-state index < -0.39 is 12.0 Å². The lowest BCUT2D eigenvalue weighted by Crippen LogP contribution is -2.69. The van der Waals surface area contributed by atoms with Gasteiger partial charge in [0.1, 0.15) is 11.7 Å². The molecule has 0 unspecified atom stereocenters. The summed E-state index contributed by atoms with van der Waals surface area (Å²) < 4.78 is 0. The van der Waals surface area contributed by atoms with Gasteiger partial charge in [-0.1, -0.05) is 0 Å². The predicted octanol–water partition coefficient (Wildman–Crippen LogP) is 0.415. The van der Waals surface area contributed by atoms with E-state index >= 15 is 0 Å². The molecule has 3 aliphatic rings. The molecule has 134 valence electrons. The Kier molecular flexibility index (Phi) is 3.84. The van der Waals surface area contributed by atoms with Crippen molar-refractivity contribution in [1.82, 2.24) is 9.88 Å². The second-order valence-corrected chi connectivity index (χ2v) is 6.60. The van der Waals surface area contributed by atoms with Crippen LogP contribution in [0.2, 0.25) is 0 Å². The highest BCUT2D eigenvalue weighted by molar-refractivity contribution is 6.08. The van der Waals surface area contributed by atoms with Crippen molar-refractivity contribution in [3.05, 3.63) is 47.4 Å². The highest BCUT2D eigenvalue weighted by atomic mass is 16.4. The highest BCUT2D eigenvalue weighted by Gasteiger charge is 2.50. The molecule has 26 heavy (non-hydrogen) atoms. The number of amides is 2. The molecule has 8 heteroatoms. The fraction of sp³-hybridized carbons (Fsp3) is 0.333. The number of carbonyl (C=O) groups excluding carboxylic acids is 2. The van der Waals surface area contributed by atoms with E-state index in [4.69, 9.17) is 5.73 Å². The first-order chi connectivity index (χ1) is 12.5. The third-order valence-electron chi connectivity index (χ3n) is 5.17. The summed E-state index contributed by atoms with van der Waals surface area (Å²) >= 11 is 0. The smallest absolute Gasteiger partial charge is 0.352 e. The minimum Gasteiger partial charge on any atom is -0.477 e. The van der Waals surface area contributed by atoms with E-state index in [0.717, 1.165) is 5.69 Å². The third-order valence-corrected chi connectivity index (χ3v) is 5.17. The third kappa shape index (κ3) is 2.41. The molecule has 0 bridgehead atoms. The lowest BCUT2D eigenvalue weighted by molar-refractivity contribution is -0.152. The summed E-state index contributed by atoms with van der Waals surface area (Å²) in [5, 5.41) is 9.58. The molecule has 0 spiro atoms. The fourth-order valence-corrected chi connectivity index (χ4v) is 3.84. The minimum atomic E-state index is -1.17. The topological polar surface area (TPSA) is 117 Å². The first-order valence-electron chi connectivity index (χ1n) is 8.46. The number of fused-ring (bicyclic) bond motifs is 1. The summed E-state index contributed by atoms with van der Waals surface area (Å²) in [5.74, 6) is -1.69. The molecule has 1 aromatic rings. The number of nitrogens with zero attached hydrogens (tertiary/aromatic N) is 3. The number of carbonyl (C=O) groups is 3. The van der Waals surface area contributed by atoms with Gasteiger partial charge in [0.05, 0.1) is 6.04 Å². The largest absolute Gasteiger partial charge is 0.477 e. The Balaban J connectivity index is 1.66. The lowest BCUT2D eigenvalue weighted by Gasteiger charge is -2.48. The lowest BCUT2D eigenvalue weighted by atomic mass is 9.83. The standard InChI is InChI=1S/C18H18N4O4/c19-14-13-2-1-10(15(18(25)26)22(13)17(14)24)9-11-5-8-21(16(11)23)12-3-6-20-7-4-12/h3-4,6-7,9,13-14H,1-2,5,8,19H2,(H,25,26)/b11-9+/t13-,14+/m1/s1. The number of anilines is 1. The van der Waals surface area contributed by atoms with Crippen molar-refractivity contribution in [2.45, 2.75) is 31.3 Å². The number of aliphatic carboxylic acids is 1. The number of hydrogen-bond donors (Lipinski definition) is 2. The van der Waals surface area contributed by atoms with E-state index in [1.807, 2.05) is 0 Å². The Hall–Kier alpha value is -3.00. The van der Waals surface area contributed by atoms with Crippen LogP contribution >= 0.6 is 0 Å². The minimum absolute atomic E-state index is 0.0457. The Morgan fingerprint density at radius 3 is 2.69 bits per heavy atom. The van der Waals surface area contributed by atoms with Crippen molar-refractivity contribution in [3.63, 3.8) is 0 Å². The molecule has 4 rings (SSSR count). The van der Waals surface area contributed by atoms with Crippen LogP contribution in [-0.4, -0.2) is 51.4 Å². The van der Waals surface area contributed by atoms with E-state index in [1.165, 1.54) is 4.90 Å². The Labute approximate surface area is 149 Å². The van der Waals surface area contributed by atoms with Gasteiger partial charge in [0, 0.05) is 30.2 Å². The molecule has 0 radical (unpaired) electrons. The van der Waals surface area contributed by atoms with Crippen LogP contribution in [0.5, 0.6) is 0 Å². The van der Waals surface area contributed by atoms with Crippen molar-refractivity contribution in [3.8, 4) is 0 Å². The van der Waals surface area contributed by atoms with Crippen LogP contribution in [0.3, 0.4) is 0 Å². The van der Waals surface area contributed by atoms with Gasteiger partial charge >= 0.3 is 5.97 Å². The zero-order valence-electron chi connectivity index (χ0n) is 14.0. The average molecular weight is 354 g/mol. The van der Waals surface area contributed by atoms with Crippen molar-refractivity contribution < 1.29 is 19.5 Å². The van der Waals surface area contributed by atoms with Crippen molar-refractivity contribution in [2.24, 2.45) is 5.73 Å². The van der Waals surface area contributed by atoms with Gasteiger partial charge in [-0.05, 0) is 43.0 Å². The Morgan fingerprint density at radius 1 is 1.27 bits per heavy atom. The van der Waals surface area contributed by atoms with Crippen LogP contribution in [0.25, 0.3) is 0 Å². The molecule has 8 nitrogen and oxygen atoms in total. The van der Waals surface area contributed by atoms with Gasteiger partial charge in [-0.15, -0.1) is 0 Å². The van der Waals surface area contributed by atoms with Gasteiger partial charge in [0.2, 0.25) is 5.91 Å². The molecule has 0 saturated carbocycles. The van der Waals surface area contributed by atoms with Crippen LogP contribution < -0.4 is 10.6 Å². The second-order valence-electron chi connectivity index (χ2n) is 6.60. The number of rotatable bonds is 3. The first-order valence-corrected chi connectivity index (χ1v) is 8.46. The summed E-state index contributed by atoms with van der Waals surface area (Å²) in [6.07, 6.45) is 6.49. The summed E-state index contributed by atoms with van der Waals surface area (Å²) in [6.45, 7) is 0.528. The Bertz CT molecular complexity index is 861. The van der Waals surface area contributed by atoms with Gasteiger partial charge in [0.15, 0.2) is 0 Å². The molecule has 2 fully saturated rings. The number of aromatic nitrogens is 1. The highest BCUT2D eigenvalue weighted by Crippen LogP contribution is 2.37.